The maximum Gasteiger partial charge on any atom is 0.104 e. The summed E-state index contributed by atoms with van der Waals surface area (Å²) < 4.78 is 0. The van der Waals surface area contributed by atoms with Crippen molar-refractivity contribution in [3.8, 4) is 0 Å². The molecule has 0 aromatic heterocycles. The van der Waals surface area contributed by atoms with Crippen molar-refractivity contribution in [2.24, 2.45) is 0 Å². The minimum Gasteiger partial charge on any atom is -0.379 e. The van der Waals surface area contributed by atoms with Crippen LogP contribution in [0.3, 0.4) is 0 Å². The van der Waals surface area contributed by atoms with E-state index in [1.807, 2.05) is 6.92 Å². The highest BCUT2D eigenvalue weighted by Crippen LogP contribution is 2.14. The molecule has 1 atom stereocenters. The van der Waals surface area contributed by atoms with Crippen LogP contribution in [0.1, 0.15) is 175 Å². The van der Waals surface area contributed by atoms with Crippen molar-refractivity contribution < 1.29 is 5.11 Å². The fraction of sp³-hybridized carbons (Fsp3) is 1.00. The molecule has 0 saturated carbocycles. The normalized spacial score (nSPS) is 12.7. The van der Waals surface area contributed by atoms with Gasteiger partial charge in [-0.25, -0.2) is 0 Å². The minimum atomic E-state index is -0.282. The Hall–Kier alpha value is -0.0800. The Morgan fingerprint density at radius 1 is 0.406 bits per heavy atom. The van der Waals surface area contributed by atoms with E-state index in [-0.39, 0.29) is 6.23 Å². The first-order chi connectivity index (χ1) is 15.7. The first-order valence-corrected chi connectivity index (χ1v) is 15.1. The molecular formula is C30H63NO. The lowest BCUT2D eigenvalue weighted by molar-refractivity contribution is 0.0163. The maximum absolute atomic E-state index is 10.1. The third kappa shape index (κ3) is 24.6. The number of rotatable bonds is 27. The first kappa shape index (κ1) is 31.9. The van der Waals surface area contributed by atoms with Crippen LogP contribution in [0.4, 0.5) is 0 Å². The Labute approximate surface area is 204 Å². The predicted molar refractivity (Wildman–Crippen MR) is 145 cm³/mol. The summed E-state index contributed by atoms with van der Waals surface area (Å²) in [6.45, 7) is 8.68. The van der Waals surface area contributed by atoms with Crippen LogP contribution in [-0.4, -0.2) is 29.3 Å². The lowest BCUT2D eigenvalue weighted by Gasteiger charge is -2.25. The molecule has 1 N–H and O–H groups in total. The van der Waals surface area contributed by atoms with E-state index >= 15 is 0 Å². The summed E-state index contributed by atoms with van der Waals surface area (Å²) in [5, 5.41) is 10.1. The largest absolute Gasteiger partial charge is 0.379 e. The highest BCUT2D eigenvalue weighted by atomic mass is 16.3. The Bertz CT molecular complexity index is 303. The van der Waals surface area contributed by atoms with Crippen molar-refractivity contribution in [2.75, 3.05) is 13.1 Å². The summed E-state index contributed by atoms with van der Waals surface area (Å²) in [5.74, 6) is 0. The highest BCUT2D eigenvalue weighted by molar-refractivity contribution is 4.60. The van der Waals surface area contributed by atoms with Gasteiger partial charge in [0.1, 0.15) is 6.23 Å². The third-order valence-corrected chi connectivity index (χ3v) is 7.13. The van der Waals surface area contributed by atoms with E-state index in [1.54, 1.807) is 0 Å². The second-order valence-electron chi connectivity index (χ2n) is 10.4. The number of aliphatic hydroxyl groups is 1. The van der Waals surface area contributed by atoms with E-state index in [1.165, 1.54) is 154 Å². The van der Waals surface area contributed by atoms with Crippen LogP contribution in [0.15, 0.2) is 0 Å². The average molecular weight is 454 g/mol. The zero-order valence-corrected chi connectivity index (χ0v) is 22.9. The molecule has 2 heteroatoms. The molecule has 0 heterocycles. The standard InChI is InChI=1S/C30H63NO/c1-4-6-8-10-12-14-16-18-20-22-24-26-28-31(30(3)32)29-27-25-23-21-19-17-15-13-11-9-7-5-2/h30,32H,4-29H2,1-3H3. The smallest absolute Gasteiger partial charge is 0.104 e. The number of unbranched alkanes of at least 4 members (excludes halogenated alkanes) is 22. The summed E-state index contributed by atoms with van der Waals surface area (Å²) >= 11 is 0. The molecule has 0 radical (unpaired) electrons. The summed E-state index contributed by atoms with van der Waals surface area (Å²) in [4.78, 5) is 2.30. The average Bonchev–Trinajstić information content (AvgIpc) is 2.78. The van der Waals surface area contributed by atoms with Gasteiger partial charge in [0.15, 0.2) is 0 Å². The van der Waals surface area contributed by atoms with Crippen LogP contribution >= 0.6 is 0 Å². The monoisotopic (exact) mass is 453 g/mol. The van der Waals surface area contributed by atoms with Crippen molar-refractivity contribution >= 4 is 0 Å². The van der Waals surface area contributed by atoms with Gasteiger partial charge >= 0.3 is 0 Å². The predicted octanol–water partition coefficient (Wildman–Crippen LogP) is 10.0. The molecule has 2 nitrogen and oxygen atoms in total. The molecule has 0 spiro atoms. The van der Waals surface area contributed by atoms with Crippen molar-refractivity contribution in [3.63, 3.8) is 0 Å². The topological polar surface area (TPSA) is 23.5 Å². The van der Waals surface area contributed by atoms with Gasteiger partial charge in [0, 0.05) is 13.1 Å². The van der Waals surface area contributed by atoms with E-state index in [0.29, 0.717) is 0 Å². The molecule has 0 aromatic rings. The van der Waals surface area contributed by atoms with Crippen molar-refractivity contribution in [1.29, 1.82) is 0 Å². The summed E-state index contributed by atoms with van der Waals surface area (Å²) in [6.07, 6.45) is 33.3. The Kier molecular flexibility index (Phi) is 27.1. The first-order valence-electron chi connectivity index (χ1n) is 15.1. The maximum atomic E-state index is 10.1. The van der Waals surface area contributed by atoms with Crippen LogP contribution in [0.25, 0.3) is 0 Å². The molecule has 0 rings (SSSR count). The van der Waals surface area contributed by atoms with E-state index < -0.39 is 0 Å². The second kappa shape index (κ2) is 27.2. The molecule has 1 unspecified atom stereocenters. The number of nitrogens with zero attached hydrogens (tertiary/aromatic N) is 1. The molecule has 0 bridgehead atoms. The van der Waals surface area contributed by atoms with Gasteiger partial charge in [0.05, 0.1) is 0 Å². The molecule has 194 valence electrons. The van der Waals surface area contributed by atoms with Gasteiger partial charge in [-0.3, -0.25) is 4.90 Å². The number of hydrogen-bond acceptors (Lipinski definition) is 2. The van der Waals surface area contributed by atoms with E-state index in [9.17, 15) is 5.11 Å². The molecule has 0 aliphatic carbocycles. The summed E-state index contributed by atoms with van der Waals surface area (Å²) in [6, 6.07) is 0. The van der Waals surface area contributed by atoms with Gasteiger partial charge in [-0.2, -0.15) is 0 Å². The van der Waals surface area contributed by atoms with Crippen LogP contribution in [0.2, 0.25) is 0 Å². The van der Waals surface area contributed by atoms with Crippen LogP contribution in [-0.2, 0) is 0 Å². The Morgan fingerprint density at radius 2 is 0.625 bits per heavy atom. The molecule has 0 saturated heterocycles. The zero-order chi connectivity index (χ0) is 23.5. The molecule has 32 heavy (non-hydrogen) atoms. The summed E-state index contributed by atoms with van der Waals surface area (Å²) in [5.41, 5.74) is 0. The molecule has 0 amide bonds. The second-order valence-corrected chi connectivity index (χ2v) is 10.4. The number of hydrogen-bond donors (Lipinski definition) is 1. The van der Waals surface area contributed by atoms with E-state index in [2.05, 4.69) is 18.7 Å². The fourth-order valence-electron chi connectivity index (χ4n) is 4.80. The molecule has 0 aliphatic rings. The van der Waals surface area contributed by atoms with E-state index in [4.69, 9.17) is 0 Å². The van der Waals surface area contributed by atoms with Gasteiger partial charge in [-0.15, -0.1) is 0 Å². The van der Waals surface area contributed by atoms with Crippen molar-refractivity contribution in [2.45, 2.75) is 181 Å². The van der Waals surface area contributed by atoms with Gasteiger partial charge in [-0.1, -0.05) is 155 Å². The third-order valence-electron chi connectivity index (χ3n) is 7.13. The van der Waals surface area contributed by atoms with Gasteiger partial charge < -0.3 is 5.11 Å². The lowest BCUT2D eigenvalue weighted by Crippen LogP contribution is -2.34. The van der Waals surface area contributed by atoms with Gasteiger partial charge in [-0.05, 0) is 19.8 Å². The highest BCUT2D eigenvalue weighted by Gasteiger charge is 2.09. The minimum absolute atomic E-state index is 0.282. The van der Waals surface area contributed by atoms with Crippen LogP contribution < -0.4 is 0 Å². The number of aliphatic hydroxyl groups excluding tert-OH is 1. The Balaban J connectivity index is 3.41. The van der Waals surface area contributed by atoms with Crippen molar-refractivity contribution in [1.82, 2.24) is 4.90 Å². The molecule has 0 aliphatic heterocycles. The van der Waals surface area contributed by atoms with Gasteiger partial charge in [0.25, 0.3) is 0 Å². The molecule has 0 aromatic carbocycles. The zero-order valence-electron chi connectivity index (χ0n) is 22.9. The van der Waals surface area contributed by atoms with Crippen LogP contribution in [0, 0.1) is 0 Å². The molecule has 0 fully saturated rings. The molecular weight excluding hydrogens is 390 g/mol. The quantitative estimate of drug-likeness (QED) is 0.0987. The van der Waals surface area contributed by atoms with Crippen LogP contribution in [0.5, 0.6) is 0 Å². The van der Waals surface area contributed by atoms with Crippen molar-refractivity contribution in [3.05, 3.63) is 0 Å². The van der Waals surface area contributed by atoms with Gasteiger partial charge in [0.2, 0.25) is 0 Å². The fourth-order valence-corrected chi connectivity index (χ4v) is 4.80. The summed E-state index contributed by atoms with van der Waals surface area (Å²) in [7, 11) is 0. The van der Waals surface area contributed by atoms with E-state index in [0.717, 1.165) is 13.1 Å². The Morgan fingerprint density at radius 3 is 0.844 bits per heavy atom. The SMILES string of the molecule is CCCCCCCCCCCCCCN(CCCCCCCCCCCCCC)C(C)O. The lowest BCUT2D eigenvalue weighted by atomic mass is 10.0.